The van der Waals surface area contributed by atoms with Crippen molar-refractivity contribution in [3.8, 4) is 5.75 Å². The standard InChI is InChI=1S/C17H25N3O3/c1-12(2)19-16(21)9-10-18-17(22)20-14-7-5-11-23-15-8-4-3-6-13(14)15/h3-4,6,8,12,14H,5,7,9-11H2,1-2H3,(H,19,21)(H2,18,20,22)/t14-/m1/s1. The minimum absolute atomic E-state index is 0.0616. The van der Waals surface area contributed by atoms with Crippen LogP contribution in [-0.4, -0.2) is 31.1 Å². The van der Waals surface area contributed by atoms with E-state index < -0.39 is 0 Å². The van der Waals surface area contributed by atoms with Crippen LogP contribution in [0.3, 0.4) is 0 Å². The molecule has 0 fully saturated rings. The van der Waals surface area contributed by atoms with E-state index in [4.69, 9.17) is 4.74 Å². The number of ether oxygens (including phenoxy) is 1. The van der Waals surface area contributed by atoms with Gasteiger partial charge >= 0.3 is 6.03 Å². The van der Waals surface area contributed by atoms with E-state index in [9.17, 15) is 9.59 Å². The summed E-state index contributed by atoms with van der Waals surface area (Å²) in [6.45, 7) is 4.79. The van der Waals surface area contributed by atoms with Gasteiger partial charge < -0.3 is 20.7 Å². The summed E-state index contributed by atoms with van der Waals surface area (Å²) >= 11 is 0. The molecule has 1 atom stereocenters. The van der Waals surface area contributed by atoms with Crippen LogP contribution in [0.15, 0.2) is 24.3 Å². The smallest absolute Gasteiger partial charge is 0.315 e. The lowest BCUT2D eigenvalue weighted by Crippen LogP contribution is -2.40. The molecule has 6 heteroatoms. The molecule has 3 N–H and O–H groups in total. The molecule has 0 radical (unpaired) electrons. The second-order valence-corrected chi connectivity index (χ2v) is 5.95. The lowest BCUT2D eigenvalue weighted by atomic mass is 10.0. The zero-order valence-electron chi connectivity index (χ0n) is 13.7. The number of benzene rings is 1. The van der Waals surface area contributed by atoms with E-state index in [1.165, 1.54) is 0 Å². The maximum atomic E-state index is 12.0. The Kier molecular flexibility index (Phi) is 6.26. The van der Waals surface area contributed by atoms with Crippen LogP contribution in [0.4, 0.5) is 4.79 Å². The fourth-order valence-corrected chi connectivity index (χ4v) is 2.57. The fourth-order valence-electron chi connectivity index (χ4n) is 2.57. The van der Waals surface area contributed by atoms with E-state index in [1.54, 1.807) is 0 Å². The van der Waals surface area contributed by atoms with Crippen LogP contribution in [0.1, 0.15) is 44.7 Å². The van der Waals surface area contributed by atoms with Gasteiger partial charge in [0.2, 0.25) is 5.91 Å². The Morgan fingerprint density at radius 3 is 2.87 bits per heavy atom. The molecule has 0 bridgehead atoms. The minimum atomic E-state index is -0.260. The van der Waals surface area contributed by atoms with Crippen molar-refractivity contribution in [2.75, 3.05) is 13.2 Å². The Balaban J connectivity index is 1.82. The molecular weight excluding hydrogens is 294 g/mol. The summed E-state index contributed by atoms with van der Waals surface area (Å²) in [5.74, 6) is 0.764. The first-order valence-corrected chi connectivity index (χ1v) is 8.11. The van der Waals surface area contributed by atoms with Gasteiger partial charge in [-0.05, 0) is 32.8 Å². The van der Waals surface area contributed by atoms with Gasteiger partial charge in [-0.2, -0.15) is 0 Å². The van der Waals surface area contributed by atoms with Gasteiger partial charge in [-0.25, -0.2) is 4.79 Å². The second kappa shape index (κ2) is 8.41. The van der Waals surface area contributed by atoms with E-state index >= 15 is 0 Å². The molecular formula is C17H25N3O3. The van der Waals surface area contributed by atoms with Crippen LogP contribution in [0.5, 0.6) is 5.75 Å². The molecule has 126 valence electrons. The molecule has 0 aromatic heterocycles. The molecule has 1 aliphatic heterocycles. The SMILES string of the molecule is CC(C)NC(=O)CCNC(=O)N[C@@H]1CCCOc2ccccc21. The Hall–Kier alpha value is -2.24. The molecule has 1 aromatic rings. The number of carbonyl (C=O) groups excluding carboxylic acids is 2. The number of urea groups is 1. The number of amides is 3. The van der Waals surface area contributed by atoms with Crippen molar-refractivity contribution in [1.82, 2.24) is 16.0 Å². The highest BCUT2D eigenvalue weighted by molar-refractivity contribution is 5.78. The van der Waals surface area contributed by atoms with Gasteiger partial charge in [-0.15, -0.1) is 0 Å². The molecule has 2 rings (SSSR count). The molecule has 6 nitrogen and oxygen atoms in total. The molecule has 0 saturated carbocycles. The van der Waals surface area contributed by atoms with Gasteiger partial charge in [-0.1, -0.05) is 18.2 Å². The highest BCUT2D eigenvalue weighted by Gasteiger charge is 2.20. The average molecular weight is 319 g/mol. The van der Waals surface area contributed by atoms with Crippen molar-refractivity contribution in [3.63, 3.8) is 0 Å². The van der Waals surface area contributed by atoms with Crippen LogP contribution in [0.2, 0.25) is 0 Å². The molecule has 0 spiro atoms. The van der Waals surface area contributed by atoms with E-state index in [1.807, 2.05) is 38.1 Å². The number of fused-ring (bicyclic) bond motifs is 1. The monoisotopic (exact) mass is 319 g/mol. The average Bonchev–Trinajstić information content (AvgIpc) is 2.69. The molecule has 0 unspecified atom stereocenters. The van der Waals surface area contributed by atoms with Crippen LogP contribution in [0, 0.1) is 0 Å². The van der Waals surface area contributed by atoms with Crippen LogP contribution in [0.25, 0.3) is 0 Å². The van der Waals surface area contributed by atoms with E-state index in [-0.39, 0.29) is 30.4 Å². The summed E-state index contributed by atoms with van der Waals surface area (Å²) in [5.41, 5.74) is 0.998. The largest absolute Gasteiger partial charge is 0.493 e. The zero-order chi connectivity index (χ0) is 16.7. The number of para-hydroxylation sites is 1. The molecule has 3 amide bonds. The summed E-state index contributed by atoms with van der Waals surface area (Å²) in [6.07, 6.45) is 1.99. The quantitative estimate of drug-likeness (QED) is 0.778. The normalized spacial score (nSPS) is 16.7. The Morgan fingerprint density at radius 2 is 2.09 bits per heavy atom. The first-order valence-electron chi connectivity index (χ1n) is 8.11. The number of rotatable bonds is 5. The van der Waals surface area contributed by atoms with Crippen LogP contribution >= 0.6 is 0 Å². The second-order valence-electron chi connectivity index (χ2n) is 5.95. The molecule has 1 heterocycles. The third kappa shape index (κ3) is 5.47. The van der Waals surface area contributed by atoms with Crippen molar-refractivity contribution < 1.29 is 14.3 Å². The summed E-state index contributed by atoms with van der Waals surface area (Å²) in [4.78, 5) is 23.6. The van der Waals surface area contributed by atoms with Gasteiger partial charge in [0.15, 0.2) is 0 Å². The molecule has 0 aliphatic carbocycles. The van der Waals surface area contributed by atoms with Crippen molar-refractivity contribution in [1.29, 1.82) is 0 Å². The summed E-state index contributed by atoms with van der Waals surface area (Å²) in [6, 6.07) is 7.54. The van der Waals surface area contributed by atoms with E-state index in [0.717, 1.165) is 24.2 Å². The lowest BCUT2D eigenvalue weighted by molar-refractivity contribution is -0.121. The minimum Gasteiger partial charge on any atom is -0.493 e. The molecule has 1 aromatic carbocycles. The lowest BCUT2D eigenvalue weighted by Gasteiger charge is -2.18. The van der Waals surface area contributed by atoms with Gasteiger partial charge in [0, 0.05) is 24.6 Å². The van der Waals surface area contributed by atoms with Gasteiger partial charge in [0.25, 0.3) is 0 Å². The third-order valence-electron chi connectivity index (χ3n) is 3.58. The molecule has 1 aliphatic rings. The first-order chi connectivity index (χ1) is 11.1. The fraction of sp³-hybridized carbons (Fsp3) is 0.529. The van der Waals surface area contributed by atoms with Crippen LogP contribution in [-0.2, 0) is 4.79 Å². The predicted molar refractivity (Wildman–Crippen MR) is 88.3 cm³/mol. The van der Waals surface area contributed by atoms with Crippen molar-refractivity contribution >= 4 is 11.9 Å². The van der Waals surface area contributed by atoms with E-state index in [2.05, 4.69) is 16.0 Å². The van der Waals surface area contributed by atoms with Crippen molar-refractivity contribution in [2.45, 2.75) is 45.2 Å². The van der Waals surface area contributed by atoms with Gasteiger partial charge in [0.05, 0.1) is 12.6 Å². The third-order valence-corrected chi connectivity index (χ3v) is 3.58. The Bertz CT molecular complexity index is 546. The van der Waals surface area contributed by atoms with Gasteiger partial charge in [-0.3, -0.25) is 4.79 Å². The maximum absolute atomic E-state index is 12.0. The summed E-state index contributed by atoms with van der Waals surface area (Å²) < 4.78 is 5.69. The number of hydrogen-bond donors (Lipinski definition) is 3. The first kappa shape index (κ1) is 17.1. The molecule has 23 heavy (non-hydrogen) atoms. The highest BCUT2D eigenvalue weighted by atomic mass is 16.5. The maximum Gasteiger partial charge on any atom is 0.315 e. The number of carbonyl (C=O) groups is 2. The molecule has 0 saturated heterocycles. The summed E-state index contributed by atoms with van der Waals surface area (Å²) in [7, 11) is 0. The van der Waals surface area contributed by atoms with Crippen molar-refractivity contribution in [2.24, 2.45) is 0 Å². The van der Waals surface area contributed by atoms with Gasteiger partial charge in [0.1, 0.15) is 5.75 Å². The Labute approximate surface area is 137 Å². The topological polar surface area (TPSA) is 79.5 Å². The zero-order valence-corrected chi connectivity index (χ0v) is 13.7. The highest BCUT2D eigenvalue weighted by Crippen LogP contribution is 2.30. The number of nitrogens with one attached hydrogen (secondary N) is 3. The Morgan fingerprint density at radius 1 is 1.30 bits per heavy atom. The summed E-state index contributed by atoms with van der Waals surface area (Å²) in [5, 5.41) is 8.49. The predicted octanol–water partition coefficient (Wildman–Crippen LogP) is 2.11. The van der Waals surface area contributed by atoms with Crippen molar-refractivity contribution in [3.05, 3.63) is 29.8 Å². The van der Waals surface area contributed by atoms with Crippen LogP contribution < -0.4 is 20.7 Å². The van der Waals surface area contributed by atoms with E-state index in [0.29, 0.717) is 13.2 Å². The number of hydrogen-bond acceptors (Lipinski definition) is 3.